The zero-order valence-electron chi connectivity index (χ0n) is 14.5. The van der Waals surface area contributed by atoms with Gasteiger partial charge in [0, 0.05) is 24.7 Å². The molecule has 9 nitrogen and oxygen atoms in total. The monoisotopic (exact) mass is 400 g/mol. The van der Waals surface area contributed by atoms with Crippen LogP contribution in [0.3, 0.4) is 0 Å². The molecule has 1 aliphatic carbocycles. The fourth-order valence-corrected chi connectivity index (χ4v) is 3.61. The van der Waals surface area contributed by atoms with Crippen molar-refractivity contribution in [2.75, 3.05) is 7.05 Å². The number of amides is 1. The summed E-state index contributed by atoms with van der Waals surface area (Å²) >= 11 is 6.05. The van der Waals surface area contributed by atoms with Crippen LogP contribution in [0.25, 0.3) is 0 Å². The molecule has 2 unspecified atom stereocenters. The summed E-state index contributed by atoms with van der Waals surface area (Å²) in [6.07, 6.45) is -3.05. The van der Waals surface area contributed by atoms with Crippen molar-refractivity contribution in [3.05, 3.63) is 34.3 Å². The number of carboxylic acids is 2. The Morgan fingerprint density at radius 1 is 1.22 bits per heavy atom. The summed E-state index contributed by atoms with van der Waals surface area (Å²) in [5, 5.41) is 33.2. The number of aliphatic hydroxyl groups excluding tert-OH is 2. The Labute approximate surface area is 160 Å². The Bertz CT molecular complexity index is 746. The molecule has 2 atom stereocenters. The van der Waals surface area contributed by atoms with Crippen molar-refractivity contribution in [2.45, 2.75) is 43.1 Å². The van der Waals surface area contributed by atoms with Gasteiger partial charge in [-0.1, -0.05) is 17.7 Å². The Hall–Kier alpha value is -2.20. The van der Waals surface area contributed by atoms with Crippen molar-refractivity contribution in [1.29, 1.82) is 0 Å². The molecule has 2 aliphatic rings. The lowest BCUT2D eigenvalue weighted by atomic mass is 9.59. The van der Waals surface area contributed by atoms with Crippen LogP contribution in [-0.2, 0) is 26.3 Å². The van der Waals surface area contributed by atoms with Crippen molar-refractivity contribution < 1.29 is 34.8 Å². The Balaban J connectivity index is 0.000000227. The largest absolute Gasteiger partial charge is 0.479 e. The maximum Gasteiger partial charge on any atom is 0.335 e. The van der Waals surface area contributed by atoms with Crippen molar-refractivity contribution in [3.63, 3.8) is 0 Å². The zero-order valence-corrected chi connectivity index (χ0v) is 15.3. The SMILES string of the molecule is CN1Cc2ccc(Cl)cc2C2(CC(N)C2)C1=O.O=C(O)C(O)C(O)C(=O)O. The van der Waals surface area contributed by atoms with E-state index in [1.54, 1.807) is 4.90 Å². The second-order valence-electron chi connectivity index (χ2n) is 6.78. The molecule has 10 heteroatoms. The number of aliphatic hydroxyl groups is 2. The highest BCUT2D eigenvalue weighted by atomic mass is 35.5. The summed E-state index contributed by atoms with van der Waals surface area (Å²) in [5.74, 6) is -3.35. The molecule has 6 N–H and O–H groups in total. The molecule has 1 aliphatic heterocycles. The van der Waals surface area contributed by atoms with Crippen LogP contribution in [0.5, 0.6) is 0 Å². The number of carbonyl (C=O) groups is 3. The number of aliphatic carboxylic acids is 2. The number of carbonyl (C=O) groups excluding carboxylic acids is 1. The fraction of sp³-hybridized carbons (Fsp3) is 0.471. The molecule has 1 aromatic carbocycles. The van der Waals surface area contributed by atoms with E-state index in [1.807, 2.05) is 25.2 Å². The van der Waals surface area contributed by atoms with Gasteiger partial charge in [-0.3, -0.25) is 4.79 Å². The standard InChI is InChI=1S/C13H15ClN2O.C4H6O6/c1-16-7-8-2-3-9(14)4-11(8)13(12(16)17)5-10(15)6-13;5-1(3(7)8)2(6)4(9)10/h2-4,10H,5-7,15H2,1H3;1-2,5-6H,(H,7,8)(H,9,10). The maximum atomic E-state index is 12.4. The van der Waals surface area contributed by atoms with E-state index in [0.717, 1.165) is 18.4 Å². The lowest BCUT2D eigenvalue weighted by molar-refractivity contribution is -0.165. The van der Waals surface area contributed by atoms with Gasteiger partial charge in [-0.05, 0) is 36.1 Å². The fourth-order valence-electron chi connectivity index (χ4n) is 3.44. The molecule has 27 heavy (non-hydrogen) atoms. The Kier molecular flexibility index (Phi) is 6.10. The molecular weight excluding hydrogens is 380 g/mol. The maximum absolute atomic E-state index is 12.4. The Morgan fingerprint density at radius 2 is 1.74 bits per heavy atom. The van der Waals surface area contributed by atoms with E-state index < -0.39 is 29.6 Å². The summed E-state index contributed by atoms with van der Waals surface area (Å²) in [7, 11) is 1.85. The number of halogens is 1. The zero-order chi connectivity index (χ0) is 20.5. The molecule has 1 aromatic rings. The highest BCUT2D eigenvalue weighted by molar-refractivity contribution is 6.30. The number of likely N-dealkylation sites (N-methyl/N-ethyl adjacent to an activating group) is 1. The Morgan fingerprint density at radius 3 is 2.19 bits per heavy atom. The van der Waals surface area contributed by atoms with E-state index >= 15 is 0 Å². The van der Waals surface area contributed by atoms with Gasteiger partial charge >= 0.3 is 11.9 Å². The van der Waals surface area contributed by atoms with Gasteiger partial charge in [0.1, 0.15) is 0 Å². The van der Waals surface area contributed by atoms with Gasteiger partial charge in [-0.15, -0.1) is 0 Å². The van der Waals surface area contributed by atoms with Crippen LogP contribution in [0.1, 0.15) is 24.0 Å². The van der Waals surface area contributed by atoms with Gasteiger partial charge in [0.15, 0.2) is 12.2 Å². The third-order valence-corrected chi connectivity index (χ3v) is 5.01. The van der Waals surface area contributed by atoms with Crippen molar-refractivity contribution in [2.24, 2.45) is 5.73 Å². The summed E-state index contributed by atoms with van der Waals surface area (Å²) in [6, 6.07) is 5.98. The molecule has 1 amide bonds. The summed E-state index contributed by atoms with van der Waals surface area (Å²) in [6.45, 7) is 0.669. The van der Waals surface area contributed by atoms with Crippen LogP contribution in [0.4, 0.5) is 0 Å². The first-order valence-corrected chi connectivity index (χ1v) is 8.49. The lowest BCUT2D eigenvalue weighted by Gasteiger charge is -2.50. The van der Waals surface area contributed by atoms with Crippen molar-refractivity contribution >= 4 is 29.4 Å². The van der Waals surface area contributed by atoms with Crippen LogP contribution in [-0.4, -0.2) is 68.5 Å². The topological polar surface area (TPSA) is 161 Å². The molecule has 1 heterocycles. The minimum Gasteiger partial charge on any atom is -0.479 e. The van der Waals surface area contributed by atoms with Gasteiger partial charge in [0.2, 0.25) is 5.91 Å². The predicted octanol–water partition coefficient (Wildman–Crippen LogP) is -0.452. The van der Waals surface area contributed by atoms with Gasteiger partial charge in [-0.2, -0.15) is 0 Å². The summed E-state index contributed by atoms with van der Waals surface area (Å²) in [4.78, 5) is 33.7. The average molecular weight is 401 g/mol. The first-order chi connectivity index (χ1) is 12.5. The van der Waals surface area contributed by atoms with Crippen LogP contribution in [0, 0.1) is 0 Å². The summed E-state index contributed by atoms with van der Waals surface area (Å²) < 4.78 is 0. The molecule has 1 fully saturated rings. The quantitative estimate of drug-likeness (QED) is 0.455. The van der Waals surface area contributed by atoms with Crippen LogP contribution in [0.15, 0.2) is 18.2 Å². The lowest BCUT2D eigenvalue weighted by Crippen LogP contribution is -2.60. The molecule has 1 saturated carbocycles. The van der Waals surface area contributed by atoms with E-state index in [-0.39, 0.29) is 11.9 Å². The molecule has 0 bridgehead atoms. The van der Waals surface area contributed by atoms with E-state index in [4.69, 9.17) is 37.8 Å². The van der Waals surface area contributed by atoms with Crippen LogP contribution >= 0.6 is 11.6 Å². The summed E-state index contributed by atoms with van der Waals surface area (Å²) in [5.41, 5.74) is 7.78. The average Bonchev–Trinajstić information content (AvgIpc) is 2.57. The van der Waals surface area contributed by atoms with Crippen molar-refractivity contribution in [1.82, 2.24) is 4.90 Å². The second kappa shape index (κ2) is 7.81. The number of benzene rings is 1. The van der Waals surface area contributed by atoms with Gasteiger partial charge < -0.3 is 31.1 Å². The molecule has 0 aromatic heterocycles. The highest BCUT2D eigenvalue weighted by Crippen LogP contribution is 2.48. The first-order valence-electron chi connectivity index (χ1n) is 8.11. The van der Waals surface area contributed by atoms with Gasteiger partial charge in [-0.25, -0.2) is 9.59 Å². The molecule has 148 valence electrons. The van der Waals surface area contributed by atoms with Gasteiger partial charge in [0.25, 0.3) is 0 Å². The van der Waals surface area contributed by atoms with E-state index in [9.17, 15) is 14.4 Å². The number of hydrogen-bond acceptors (Lipinski definition) is 6. The van der Waals surface area contributed by atoms with Crippen LogP contribution in [0.2, 0.25) is 5.02 Å². The minimum atomic E-state index is -2.27. The third-order valence-electron chi connectivity index (χ3n) is 4.78. The molecule has 0 saturated heterocycles. The third kappa shape index (κ3) is 4.06. The number of carboxylic acid groups (broad SMARTS) is 2. The number of rotatable bonds is 3. The highest BCUT2D eigenvalue weighted by Gasteiger charge is 2.54. The minimum absolute atomic E-state index is 0.136. The van der Waals surface area contributed by atoms with Crippen LogP contribution < -0.4 is 5.73 Å². The number of nitrogens with two attached hydrogens (primary N) is 1. The molecular formula is C17H21ClN2O7. The number of nitrogens with zero attached hydrogens (tertiary/aromatic N) is 1. The molecule has 3 rings (SSSR count). The second-order valence-corrected chi connectivity index (χ2v) is 7.22. The predicted molar refractivity (Wildman–Crippen MR) is 94.1 cm³/mol. The number of fused-ring (bicyclic) bond motifs is 2. The first kappa shape index (κ1) is 21.1. The van der Waals surface area contributed by atoms with E-state index in [2.05, 4.69) is 0 Å². The normalized spacial score (nSPS) is 25.6. The van der Waals surface area contributed by atoms with E-state index in [1.165, 1.54) is 5.56 Å². The molecule has 0 radical (unpaired) electrons. The van der Waals surface area contributed by atoms with E-state index in [0.29, 0.717) is 11.6 Å². The smallest absolute Gasteiger partial charge is 0.335 e. The van der Waals surface area contributed by atoms with Gasteiger partial charge in [0.05, 0.1) is 5.41 Å². The van der Waals surface area contributed by atoms with Crippen molar-refractivity contribution in [3.8, 4) is 0 Å². The molecule has 1 spiro atoms. The number of hydrogen-bond donors (Lipinski definition) is 5.